The molecule has 1 saturated carbocycles. The summed E-state index contributed by atoms with van der Waals surface area (Å²) in [6.07, 6.45) is 1.96. The lowest BCUT2D eigenvalue weighted by Gasteiger charge is -2.00. The van der Waals surface area contributed by atoms with Crippen molar-refractivity contribution in [2.45, 2.75) is 26.3 Å². The minimum absolute atomic E-state index is 0.0830. The molecule has 0 saturated heterocycles. The number of anilines is 1. The SMILES string of the molecule is CCOC(=O)c1cc(CNC(=O)C2CC2)sc1N. The molecule has 0 spiro atoms. The van der Waals surface area contributed by atoms with Gasteiger partial charge in [-0.2, -0.15) is 0 Å². The molecule has 18 heavy (non-hydrogen) atoms. The summed E-state index contributed by atoms with van der Waals surface area (Å²) in [4.78, 5) is 23.9. The molecule has 1 aliphatic rings. The van der Waals surface area contributed by atoms with Crippen molar-refractivity contribution in [3.8, 4) is 0 Å². The van der Waals surface area contributed by atoms with Crippen molar-refractivity contribution in [3.63, 3.8) is 0 Å². The van der Waals surface area contributed by atoms with Gasteiger partial charge in [0, 0.05) is 10.8 Å². The van der Waals surface area contributed by atoms with Crippen LogP contribution in [0.15, 0.2) is 6.07 Å². The van der Waals surface area contributed by atoms with Crippen LogP contribution >= 0.6 is 11.3 Å². The van der Waals surface area contributed by atoms with Gasteiger partial charge in [-0.05, 0) is 25.8 Å². The van der Waals surface area contributed by atoms with Gasteiger partial charge in [0.15, 0.2) is 0 Å². The lowest BCUT2D eigenvalue weighted by molar-refractivity contribution is -0.122. The molecule has 1 aromatic heterocycles. The average molecular weight is 268 g/mol. The minimum atomic E-state index is -0.411. The number of carbonyl (C=O) groups is 2. The van der Waals surface area contributed by atoms with Gasteiger partial charge >= 0.3 is 5.97 Å². The third kappa shape index (κ3) is 3.01. The number of hydrogen-bond acceptors (Lipinski definition) is 5. The molecule has 2 rings (SSSR count). The first-order valence-electron chi connectivity index (χ1n) is 5.94. The lowest BCUT2D eigenvalue weighted by Crippen LogP contribution is -2.23. The summed E-state index contributed by atoms with van der Waals surface area (Å²) in [7, 11) is 0. The third-order valence-corrected chi connectivity index (χ3v) is 3.66. The smallest absolute Gasteiger partial charge is 0.341 e. The Kier molecular flexibility index (Phi) is 3.86. The van der Waals surface area contributed by atoms with Crippen LogP contribution < -0.4 is 11.1 Å². The van der Waals surface area contributed by atoms with Crippen molar-refractivity contribution >= 4 is 28.2 Å². The Morgan fingerprint density at radius 3 is 2.89 bits per heavy atom. The standard InChI is InChI=1S/C12H16N2O3S/c1-2-17-12(16)9-5-8(18-10(9)13)6-14-11(15)7-3-4-7/h5,7H,2-4,6,13H2,1H3,(H,14,15). The van der Waals surface area contributed by atoms with Gasteiger partial charge in [0.25, 0.3) is 0 Å². The van der Waals surface area contributed by atoms with Crippen LogP contribution in [0.4, 0.5) is 5.00 Å². The van der Waals surface area contributed by atoms with E-state index in [0.717, 1.165) is 17.7 Å². The van der Waals surface area contributed by atoms with Crippen molar-refractivity contribution < 1.29 is 14.3 Å². The number of esters is 1. The molecular weight excluding hydrogens is 252 g/mol. The maximum Gasteiger partial charge on any atom is 0.341 e. The quantitative estimate of drug-likeness (QED) is 0.794. The molecule has 0 aliphatic heterocycles. The number of nitrogens with one attached hydrogen (secondary N) is 1. The number of ether oxygens (including phenoxy) is 1. The number of amides is 1. The topological polar surface area (TPSA) is 81.4 Å². The molecule has 6 heteroatoms. The second-order valence-electron chi connectivity index (χ2n) is 4.20. The summed E-state index contributed by atoms with van der Waals surface area (Å²) in [5.74, 6) is -0.141. The van der Waals surface area contributed by atoms with Crippen molar-refractivity contribution in [3.05, 3.63) is 16.5 Å². The van der Waals surface area contributed by atoms with E-state index in [9.17, 15) is 9.59 Å². The van der Waals surface area contributed by atoms with Crippen LogP contribution in [-0.2, 0) is 16.1 Å². The van der Waals surface area contributed by atoms with E-state index < -0.39 is 5.97 Å². The number of thiophene rings is 1. The van der Waals surface area contributed by atoms with Crippen molar-refractivity contribution in [2.75, 3.05) is 12.3 Å². The van der Waals surface area contributed by atoms with Gasteiger partial charge in [-0.3, -0.25) is 4.79 Å². The Hall–Kier alpha value is -1.56. The summed E-state index contributed by atoms with van der Waals surface area (Å²) in [5, 5.41) is 3.27. The Labute approximate surface area is 109 Å². The molecule has 0 aromatic carbocycles. The lowest BCUT2D eigenvalue weighted by atomic mass is 10.3. The van der Waals surface area contributed by atoms with E-state index in [1.807, 2.05) is 0 Å². The second kappa shape index (κ2) is 5.39. The fourth-order valence-electron chi connectivity index (χ4n) is 1.58. The summed E-state index contributed by atoms with van der Waals surface area (Å²) < 4.78 is 4.90. The fraction of sp³-hybridized carbons (Fsp3) is 0.500. The van der Waals surface area contributed by atoms with Gasteiger partial charge < -0.3 is 15.8 Å². The number of rotatable bonds is 5. The molecule has 1 aliphatic carbocycles. The van der Waals surface area contributed by atoms with Crippen LogP contribution in [-0.4, -0.2) is 18.5 Å². The van der Waals surface area contributed by atoms with Crippen LogP contribution in [0.1, 0.15) is 35.0 Å². The molecule has 1 aromatic rings. The molecule has 5 nitrogen and oxygen atoms in total. The third-order valence-electron chi connectivity index (χ3n) is 2.69. The molecule has 0 atom stereocenters. The molecule has 1 heterocycles. The number of carbonyl (C=O) groups excluding carboxylic acids is 2. The number of nitrogen functional groups attached to an aromatic ring is 1. The van der Waals surface area contributed by atoms with E-state index in [-0.39, 0.29) is 11.8 Å². The summed E-state index contributed by atoms with van der Waals surface area (Å²) >= 11 is 1.30. The average Bonchev–Trinajstić information content (AvgIpc) is 3.11. The normalized spacial score (nSPS) is 14.3. The molecule has 1 amide bonds. The van der Waals surface area contributed by atoms with E-state index in [1.54, 1.807) is 13.0 Å². The van der Waals surface area contributed by atoms with Gasteiger partial charge in [-0.25, -0.2) is 4.79 Å². The van der Waals surface area contributed by atoms with E-state index in [0.29, 0.717) is 23.7 Å². The summed E-state index contributed by atoms with van der Waals surface area (Å²) in [6.45, 7) is 2.49. The van der Waals surface area contributed by atoms with Gasteiger partial charge in [-0.15, -0.1) is 11.3 Å². The highest BCUT2D eigenvalue weighted by Crippen LogP contribution is 2.29. The Morgan fingerprint density at radius 1 is 1.56 bits per heavy atom. The fourth-order valence-corrected chi connectivity index (χ4v) is 2.43. The first kappa shape index (κ1) is 12.9. The monoisotopic (exact) mass is 268 g/mol. The van der Waals surface area contributed by atoms with E-state index in [2.05, 4.69) is 5.32 Å². The highest BCUT2D eigenvalue weighted by molar-refractivity contribution is 7.16. The first-order chi connectivity index (χ1) is 8.61. The summed E-state index contributed by atoms with van der Waals surface area (Å²) in [5.41, 5.74) is 6.14. The van der Waals surface area contributed by atoms with Crippen LogP contribution in [0.3, 0.4) is 0 Å². The molecule has 1 fully saturated rings. The predicted molar refractivity (Wildman–Crippen MR) is 69.3 cm³/mol. The van der Waals surface area contributed by atoms with Gasteiger partial charge in [0.1, 0.15) is 5.00 Å². The van der Waals surface area contributed by atoms with Crippen LogP contribution in [0.25, 0.3) is 0 Å². The van der Waals surface area contributed by atoms with Gasteiger partial charge in [0.05, 0.1) is 18.7 Å². The predicted octanol–water partition coefficient (Wildman–Crippen LogP) is 1.53. The Morgan fingerprint density at radius 2 is 2.28 bits per heavy atom. The van der Waals surface area contributed by atoms with Gasteiger partial charge in [0.2, 0.25) is 5.91 Å². The molecule has 3 N–H and O–H groups in total. The number of hydrogen-bond donors (Lipinski definition) is 2. The zero-order valence-corrected chi connectivity index (χ0v) is 11.0. The zero-order chi connectivity index (χ0) is 13.1. The van der Waals surface area contributed by atoms with Crippen LogP contribution in [0, 0.1) is 5.92 Å². The van der Waals surface area contributed by atoms with Crippen molar-refractivity contribution in [1.82, 2.24) is 5.32 Å². The molecular formula is C12H16N2O3S. The molecule has 0 radical (unpaired) electrons. The van der Waals surface area contributed by atoms with Crippen molar-refractivity contribution in [2.24, 2.45) is 5.92 Å². The zero-order valence-electron chi connectivity index (χ0n) is 10.2. The minimum Gasteiger partial charge on any atom is -0.462 e. The highest BCUT2D eigenvalue weighted by Gasteiger charge is 2.29. The molecule has 98 valence electrons. The maximum atomic E-state index is 11.6. The Bertz CT molecular complexity index is 466. The summed E-state index contributed by atoms with van der Waals surface area (Å²) in [6, 6.07) is 1.69. The maximum absolute atomic E-state index is 11.6. The van der Waals surface area contributed by atoms with E-state index in [4.69, 9.17) is 10.5 Å². The number of nitrogens with two attached hydrogens (primary N) is 1. The van der Waals surface area contributed by atoms with Crippen LogP contribution in [0.5, 0.6) is 0 Å². The van der Waals surface area contributed by atoms with Gasteiger partial charge in [-0.1, -0.05) is 0 Å². The second-order valence-corrected chi connectivity index (χ2v) is 5.37. The van der Waals surface area contributed by atoms with E-state index >= 15 is 0 Å². The molecule has 0 bridgehead atoms. The van der Waals surface area contributed by atoms with E-state index in [1.165, 1.54) is 11.3 Å². The first-order valence-corrected chi connectivity index (χ1v) is 6.76. The van der Waals surface area contributed by atoms with Crippen molar-refractivity contribution in [1.29, 1.82) is 0 Å². The van der Waals surface area contributed by atoms with Crippen LogP contribution in [0.2, 0.25) is 0 Å². The highest BCUT2D eigenvalue weighted by atomic mass is 32.1. The Balaban J connectivity index is 1.95. The molecule has 0 unspecified atom stereocenters. The largest absolute Gasteiger partial charge is 0.462 e.